The maximum absolute atomic E-state index is 13.8. The molecule has 0 saturated carbocycles. The van der Waals surface area contributed by atoms with Crippen LogP contribution in [0, 0.1) is 27.7 Å². The van der Waals surface area contributed by atoms with E-state index >= 15 is 0 Å². The van der Waals surface area contributed by atoms with Gasteiger partial charge in [-0.3, -0.25) is 9.59 Å². The van der Waals surface area contributed by atoms with Crippen LogP contribution < -0.4 is 13.1 Å². The van der Waals surface area contributed by atoms with E-state index in [1.807, 2.05) is 12.1 Å². The molecule has 0 aromatic heterocycles. The van der Waals surface area contributed by atoms with Gasteiger partial charge in [0.1, 0.15) is 21.3 Å². The first-order valence-electron chi connectivity index (χ1n) is 18.1. The minimum absolute atomic E-state index is 0.0135. The van der Waals surface area contributed by atoms with Gasteiger partial charge in [0.2, 0.25) is 0 Å². The first kappa shape index (κ1) is 41.0. The standard InChI is InChI=1S/C44H34N4O10S2/c1-23-18-28(19-24(2)41(23)49)40(27-12-17-36(37(22-27)56-5)57-59(52,53)38-10-6-8-32-30(38)13-15-34(47-45)42(32)50)29-20-25(3)44(26(4)21-29)58-60(54,55)39-11-7-9-33-31(39)14-16-35(48-46)43(33)51/h6-22,40,49H,1-5H3. The fraction of sp³-hybridized carbons (Fsp3) is 0.136. The lowest BCUT2D eigenvalue weighted by Crippen LogP contribution is -2.21. The molecule has 1 unspecified atom stereocenters. The first-order chi connectivity index (χ1) is 28.5. The zero-order valence-electron chi connectivity index (χ0n) is 32.6. The number of benzene rings is 5. The molecule has 0 aliphatic heterocycles. The second-order valence-corrected chi connectivity index (χ2v) is 17.2. The summed E-state index contributed by atoms with van der Waals surface area (Å²) < 4.78 is 72.3. The van der Waals surface area contributed by atoms with E-state index in [-0.39, 0.29) is 66.5 Å². The Bertz CT molecular complexity index is 3080. The molecule has 2 aliphatic rings. The summed E-state index contributed by atoms with van der Waals surface area (Å²) in [5, 5.41) is 10.7. The van der Waals surface area contributed by atoms with Crippen molar-refractivity contribution >= 4 is 55.4 Å². The number of rotatable bonds is 10. The summed E-state index contributed by atoms with van der Waals surface area (Å²) in [5.74, 6) is -1.83. The Labute approximate surface area is 345 Å². The van der Waals surface area contributed by atoms with E-state index in [1.165, 1.54) is 73.9 Å². The van der Waals surface area contributed by atoms with Crippen LogP contribution in [-0.4, -0.2) is 61.6 Å². The molecule has 5 aromatic rings. The number of hydrogen-bond acceptors (Lipinski definition) is 10. The summed E-state index contributed by atoms with van der Waals surface area (Å²) >= 11 is 0. The fourth-order valence-corrected chi connectivity index (χ4v) is 9.86. The van der Waals surface area contributed by atoms with E-state index in [0.717, 1.165) is 5.56 Å². The van der Waals surface area contributed by atoms with Crippen molar-refractivity contribution in [3.8, 4) is 23.0 Å². The smallest absolute Gasteiger partial charge is 0.362 e. The molecule has 0 spiro atoms. The van der Waals surface area contributed by atoms with Crippen molar-refractivity contribution in [2.24, 2.45) is 0 Å². The molecule has 2 aliphatic carbocycles. The lowest BCUT2D eigenvalue weighted by Gasteiger charge is -2.24. The normalized spacial score (nSPS) is 13.9. The van der Waals surface area contributed by atoms with Crippen LogP contribution in [0.25, 0.3) is 23.2 Å². The van der Waals surface area contributed by atoms with Gasteiger partial charge in [0.25, 0.3) is 11.6 Å². The monoisotopic (exact) mass is 842 g/mol. The van der Waals surface area contributed by atoms with Crippen LogP contribution >= 0.6 is 0 Å². The van der Waals surface area contributed by atoms with Crippen molar-refractivity contribution in [1.29, 1.82) is 0 Å². The zero-order valence-corrected chi connectivity index (χ0v) is 34.3. The topological polar surface area (TPSA) is 223 Å². The summed E-state index contributed by atoms with van der Waals surface area (Å²) in [6.45, 7) is 6.89. The average Bonchev–Trinajstić information content (AvgIpc) is 3.21. The highest BCUT2D eigenvalue weighted by molar-refractivity contribution is 7.87. The highest BCUT2D eigenvalue weighted by atomic mass is 32.2. The second kappa shape index (κ2) is 15.5. The Kier molecular flexibility index (Phi) is 10.6. The molecular formula is C44H34N4O10S2. The van der Waals surface area contributed by atoms with Crippen molar-refractivity contribution < 1.29 is 54.2 Å². The van der Waals surface area contributed by atoms with Crippen molar-refractivity contribution in [2.45, 2.75) is 43.4 Å². The third-order valence-corrected chi connectivity index (χ3v) is 12.8. The molecule has 5 aromatic carbocycles. The fourth-order valence-electron chi connectivity index (χ4n) is 7.44. The number of allylic oxidation sites excluding steroid dienone is 2. The van der Waals surface area contributed by atoms with E-state index in [4.69, 9.17) is 13.1 Å². The zero-order chi connectivity index (χ0) is 43.3. The number of carbonyl (C=O) groups excluding carboxylic acids is 2. The number of phenols is 1. The third kappa shape index (κ3) is 7.25. The van der Waals surface area contributed by atoms with Crippen molar-refractivity contribution in [3.05, 3.63) is 163 Å². The highest BCUT2D eigenvalue weighted by Gasteiger charge is 2.34. The number of aromatic hydroxyl groups is 1. The molecule has 0 amide bonds. The van der Waals surface area contributed by atoms with Crippen molar-refractivity contribution in [2.75, 3.05) is 7.11 Å². The number of methoxy groups -OCH3 is 1. The number of ether oxygens (including phenoxy) is 1. The first-order valence-corrected chi connectivity index (χ1v) is 20.9. The predicted octanol–water partition coefficient (Wildman–Crippen LogP) is 7.11. The minimum atomic E-state index is -4.56. The van der Waals surface area contributed by atoms with E-state index < -0.39 is 37.7 Å². The van der Waals surface area contributed by atoms with Crippen LogP contribution in [0.1, 0.15) is 76.7 Å². The lowest BCUT2D eigenvalue weighted by atomic mass is 9.82. The molecule has 0 bridgehead atoms. The van der Waals surface area contributed by atoms with E-state index in [9.17, 15) is 42.6 Å². The van der Waals surface area contributed by atoms with Crippen LogP contribution in [0.4, 0.5) is 0 Å². The lowest BCUT2D eigenvalue weighted by molar-refractivity contribution is -0.00459. The molecule has 0 radical (unpaired) electrons. The molecule has 7 rings (SSSR count). The number of ketones is 2. The second-order valence-electron chi connectivity index (χ2n) is 14.1. The van der Waals surface area contributed by atoms with Gasteiger partial charge in [-0.05, 0) is 103 Å². The van der Waals surface area contributed by atoms with Crippen LogP contribution in [0.5, 0.6) is 23.0 Å². The Hall–Kier alpha value is -7.22. The number of hydrogen-bond donors (Lipinski definition) is 1. The van der Waals surface area contributed by atoms with Gasteiger partial charge in [0.15, 0.2) is 11.5 Å². The van der Waals surface area contributed by atoms with Gasteiger partial charge in [-0.2, -0.15) is 26.4 Å². The number of fused-ring (bicyclic) bond motifs is 2. The molecule has 14 nitrogen and oxygen atoms in total. The Morgan fingerprint density at radius 3 is 1.52 bits per heavy atom. The third-order valence-electron chi connectivity index (χ3n) is 10.2. The van der Waals surface area contributed by atoms with Crippen LogP contribution in [-0.2, 0) is 20.2 Å². The van der Waals surface area contributed by atoms with Crippen molar-refractivity contribution in [3.63, 3.8) is 0 Å². The summed E-state index contributed by atoms with van der Waals surface area (Å²) in [6, 6.07) is 20.1. The Balaban J connectivity index is 1.28. The van der Waals surface area contributed by atoms with Gasteiger partial charge in [0, 0.05) is 40.3 Å². The van der Waals surface area contributed by atoms with Gasteiger partial charge in [0.05, 0.1) is 7.11 Å². The summed E-state index contributed by atoms with van der Waals surface area (Å²) in [7, 11) is -7.73. The molecule has 302 valence electrons. The number of nitrogens with zero attached hydrogens (tertiary/aromatic N) is 4. The van der Waals surface area contributed by atoms with Crippen LogP contribution in [0.2, 0.25) is 0 Å². The number of carbonyl (C=O) groups is 2. The molecule has 60 heavy (non-hydrogen) atoms. The molecule has 1 atom stereocenters. The SMILES string of the molecule is COc1cc(C(c2cc(C)c(O)c(C)c2)c2cc(C)c(OS(=O)(=O)c3cccc4c3C=CC(=[N+]=[N-])C4=O)c(C)c2)ccc1OS(=O)(=O)c1cccc2c1C=CC(=[N+]=[N-])C2=O. The van der Waals surface area contributed by atoms with Gasteiger partial charge in [-0.25, -0.2) is 0 Å². The summed E-state index contributed by atoms with van der Waals surface area (Å²) in [4.78, 5) is 31.0. The van der Waals surface area contributed by atoms with Crippen LogP contribution in [0.15, 0.2) is 101 Å². The van der Waals surface area contributed by atoms with E-state index in [1.54, 1.807) is 52.0 Å². The molecule has 1 N–H and O–H groups in total. The summed E-state index contributed by atoms with van der Waals surface area (Å²) in [6.07, 6.45) is 5.14. The van der Waals surface area contributed by atoms with E-state index in [0.29, 0.717) is 33.4 Å². The predicted molar refractivity (Wildman–Crippen MR) is 220 cm³/mol. The molecule has 0 heterocycles. The maximum Gasteiger partial charge on any atom is 0.362 e. The number of phenolic OH excluding ortho intramolecular Hbond substituents is 1. The highest BCUT2D eigenvalue weighted by Crippen LogP contribution is 2.42. The quantitative estimate of drug-likeness (QED) is 0.0649. The Morgan fingerprint density at radius 1 is 0.583 bits per heavy atom. The Morgan fingerprint density at radius 2 is 1.05 bits per heavy atom. The van der Waals surface area contributed by atoms with Gasteiger partial charge in [-0.1, -0.05) is 54.6 Å². The van der Waals surface area contributed by atoms with Gasteiger partial charge < -0.3 is 29.3 Å². The molecule has 0 saturated heterocycles. The van der Waals surface area contributed by atoms with Gasteiger partial charge in [-0.15, -0.1) is 0 Å². The molecule has 0 fully saturated rings. The largest absolute Gasteiger partial charge is 0.507 e. The maximum atomic E-state index is 13.8. The average molecular weight is 843 g/mol. The van der Waals surface area contributed by atoms with E-state index in [2.05, 4.69) is 9.58 Å². The molecular weight excluding hydrogens is 809 g/mol. The number of Topliss-reactive ketones (excluding diaryl/α,β-unsaturated/α-hetero) is 2. The molecule has 16 heteroatoms. The van der Waals surface area contributed by atoms with Crippen molar-refractivity contribution in [1.82, 2.24) is 0 Å². The van der Waals surface area contributed by atoms with Crippen LogP contribution in [0.3, 0.4) is 0 Å². The number of aryl methyl sites for hydroxylation is 4. The van der Waals surface area contributed by atoms with Gasteiger partial charge >= 0.3 is 31.7 Å². The minimum Gasteiger partial charge on any atom is -0.507 e. The summed E-state index contributed by atoms with van der Waals surface area (Å²) in [5.41, 5.74) is 22.2.